The minimum atomic E-state index is -3.03. The van der Waals surface area contributed by atoms with E-state index in [0.29, 0.717) is 6.42 Å². The molecule has 2 aromatic carbocycles. The van der Waals surface area contributed by atoms with Crippen LogP contribution in [0.1, 0.15) is 26.7 Å². The summed E-state index contributed by atoms with van der Waals surface area (Å²) >= 11 is 0. The first kappa shape index (κ1) is 19.7. The van der Waals surface area contributed by atoms with E-state index in [2.05, 4.69) is 24.3 Å². The summed E-state index contributed by atoms with van der Waals surface area (Å²) in [6.07, 6.45) is 1.35. The number of carbonyl (C=O) groups excluding carboxylic acids is 1. The SMILES string of the molecule is CC[C@@H](C)N(C(=O)CN(C)c1ccc2ccccc2c1)[C@@H]1CCS(=O)(=O)C1. The van der Waals surface area contributed by atoms with Gasteiger partial charge in [-0.2, -0.15) is 0 Å². The second-order valence-electron chi connectivity index (χ2n) is 7.50. The predicted molar refractivity (Wildman–Crippen MR) is 111 cm³/mol. The minimum Gasteiger partial charge on any atom is -0.365 e. The van der Waals surface area contributed by atoms with E-state index in [9.17, 15) is 13.2 Å². The van der Waals surface area contributed by atoms with Crippen LogP contribution in [-0.4, -0.2) is 56.4 Å². The second kappa shape index (κ2) is 7.89. The fraction of sp³-hybridized carbons (Fsp3) is 0.476. The van der Waals surface area contributed by atoms with Gasteiger partial charge in [-0.05, 0) is 42.7 Å². The predicted octanol–water partition coefficient (Wildman–Crippen LogP) is 3.09. The minimum absolute atomic E-state index is 0.0119. The summed E-state index contributed by atoms with van der Waals surface area (Å²) in [5, 5.41) is 2.30. The highest BCUT2D eigenvalue weighted by Gasteiger charge is 2.36. The molecule has 6 heteroatoms. The Morgan fingerprint density at radius 2 is 1.89 bits per heavy atom. The van der Waals surface area contributed by atoms with Crippen molar-refractivity contribution in [2.24, 2.45) is 0 Å². The molecule has 1 saturated heterocycles. The van der Waals surface area contributed by atoms with Gasteiger partial charge >= 0.3 is 0 Å². The van der Waals surface area contributed by atoms with Crippen LogP contribution in [0.4, 0.5) is 5.69 Å². The first-order chi connectivity index (χ1) is 12.8. The number of likely N-dealkylation sites (N-methyl/N-ethyl adjacent to an activating group) is 1. The zero-order valence-electron chi connectivity index (χ0n) is 16.3. The Kier molecular flexibility index (Phi) is 5.75. The third kappa shape index (κ3) is 4.43. The Balaban J connectivity index is 1.77. The largest absolute Gasteiger partial charge is 0.365 e. The molecular weight excluding hydrogens is 360 g/mol. The molecule has 1 heterocycles. The van der Waals surface area contributed by atoms with Crippen molar-refractivity contribution in [1.29, 1.82) is 0 Å². The van der Waals surface area contributed by atoms with Gasteiger partial charge in [-0.3, -0.25) is 4.79 Å². The quantitative estimate of drug-likeness (QED) is 0.763. The van der Waals surface area contributed by atoms with Crippen molar-refractivity contribution in [2.45, 2.75) is 38.8 Å². The van der Waals surface area contributed by atoms with Crippen LogP contribution in [0, 0.1) is 0 Å². The smallest absolute Gasteiger partial charge is 0.242 e. The summed E-state index contributed by atoms with van der Waals surface area (Å²) in [6, 6.07) is 14.1. The van der Waals surface area contributed by atoms with Gasteiger partial charge in [0.2, 0.25) is 5.91 Å². The molecule has 1 aliphatic rings. The maximum atomic E-state index is 13.1. The number of carbonyl (C=O) groups is 1. The molecule has 1 aliphatic heterocycles. The van der Waals surface area contributed by atoms with Crippen LogP contribution in [0.3, 0.4) is 0 Å². The Labute approximate surface area is 161 Å². The highest BCUT2D eigenvalue weighted by atomic mass is 32.2. The third-order valence-corrected chi connectivity index (χ3v) is 7.25. The number of amides is 1. The van der Waals surface area contributed by atoms with Crippen molar-refractivity contribution in [3.63, 3.8) is 0 Å². The summed E-state index contributed by atoms with van der Waals surface area (Å²) in [4.78, 5) is 16.8. The van der Waals surface area contributed by atoms with Crippen molar-refractivity contribution in [2.75, 3.05) is 30.0 Å². The molecule has 0 bridgehead atoms. The van der Waals surface area contributed by atoms with E-state index in [1.807, 2.05) is 48.9 Å². The van der Waals surface area contributed by atoms with Gasteiger partial charge in [-0.15, -0.1) is 0 Å². The number of rotatable bonds is 6. The van der Waals surface area contributed by atoms with Crippen molar-refractivity contribution in [1.82, 2.24) is 4.90 Å². The fourth-order valence-corrected chi connectivity index (χ4v) is 5.50. The first-order valence-corrected chi connectivity index (χ1v) is 11.3. The number of anilines is 1. The summed E-state index contributed by atoms with van der Waals surface area (Å²) in [5.74, 6) is 0.253. The molecule has 0 N–H and O–H groups in total. The molecule has 0 saturated carbocycles. The van der Waals surface area contributed by atoms with Gasteiger partial charge in [0.15, 0.2) is 9.84 Å². The van der Waals surface area contributed by atoms with Crippen molar-refractivity contribution in [3.05, 3.63) is 42.5 Å². The lowest BCUT2D eigenvalue weighted by atomic mass is 10.1. The van der Waals surface area contributed by atoms with E-state index in [4.69, 9.17) is 0 Å². The van der Waals surface area contributed by atoms with Crippen LogP contribution in [0.5, 0.6) is 0 Å². The molecule has 0 aliphatic carbocycles. The molecular formula is C21H28N2O3S. The number of hydrogen-bond donors (Lipinski definition) is 0. The highest BCUT2D eigenvalue weighted by Crippen LogP contribution is 2.24. The van der Waals surface area contributed by atoms with Crippen LogP contribution in [0.15, 0.2) is 42.5 Å². The number of nitrogens with zero attached hydrogens (tertiary/aromatic N) is 2. The summed E-state index contributed by atoms with van der Waals surface area (Å²) in [6.45, 7) is 4.26. The standard InChI is InChI=1S/C21H28N2O3S/c1-4-16(2)23(20-11-12-27(25,26)15-20)21(24)14-22(3)19-10-9-17-7-5-6-8-18(17)13-19/h5-10,13,16,20H,4,11-12,14-15H2,1-3H3/t16-,20-/m1/s1. The zero-order valence-corrected chi connectivity index (χ0v) is 17.1. The molecule has 27 heavy (non-hydrogen) atoms. The number of sulfone groups is 1. The lowest BCUT2D eigenvalue weighted by Gasteiger charge is -2.35. The van der Waals surface area contributed by atoms with Gasteiger partial charge in [-0.25, -0.2) is 8.42 Å². The highest BCUT2D eigenvalue weighted by molar-refractivity contribution is 7.91. The molecule has 2 aromatic rings. The molecule has 5 nitrogen and oxygen atoms in total. The maximum absolute atomic E-state index is 13.1. The van der Waals surface area contributed by atoms with Gasteiger partial charge in [0.05, 0.1) is 18.1 Å². The normalized spacial score (nSPS) is 19.7. The lowest BCUT2D eigenvalue weighted by Crippen LogP contribution is -2.50. The maximum Gasteiger partial charge on any atom is 0.242 e. The monoisotopic (exact) mass is 388 g/mol. The average molecular weight is 389 g/mol. The molecule has 3 rings (SSSR count). The Hall–Kier alpha value is -2.08. The van der Waals surface area contributed by atoms with Gasteiger partial charge in [0.25, 0.3) is 0 Å². The Bertz CT molecular complexity index is 926. The zero-order chi connectivity index (χ0) is 19.6. The fourth-order valence-electron chi connectivity index (χ4n) is 3.79. The molecule has 2 atom stereocenters. The van der Waals surface area contributed by atoms with E-state index >= 15 is 0 Å². The summed E-state index contributed by atoms with van der Waals surface area (Å²) < 4.78 is 23.8. The Morgan fingerprint density at radius 1 is 1.19 bits per heavy atom. The number of fused-ring (bicyclic) bond motifs is 1. The van der Waals surface area contributed by atoms with E-state index in [1.54, 1.807) is 0 Å². The van der Waals surface area contributed by atoms with E-state index in [-0.39, 0.29) is 36.0 Å². The number of hydrogen-bond acceptors (Lipinski definition) is 4. The van der Waals surface area contributed by atoms with Crippen LogP contribution in [0.25, 0.3) is 10.8 Å². The molecule has 146 valence electrons. The Morgan fingerprint density at radius 3 is 2.52 bits per heavy atom. The third-order valence-electron chi connectivity index (χ3n) is 5.50. The van der Waals surface area contributed by atoms with Crippen LogP contribution < -0.4 is 4.90 Å². The molecule has 0 aromatic heterocycles. The van der Waals surface area contributed by atoms with E-state index in [0.717, 1.165) is 17.5 Å². The van der Waals surface area contributed by atoms with Crippen molar-refractivity contribution < 1.29 is 13.2 Å². The number of benzene rings is 2. The first-order valence-electron chi connectivity index (χ1n) is 9.52. The van der Waals surface area contributed by atoms with Crippen molar-refractivity contribution >= 4 is 32.2 Å². The van der Waals surface area contributed by atoms with Crippen LogP contribution in [0.2, 0.25) is 0 Å². The molecule has 0 radical (unpaired) electrons. The van der Waals surface area contributed by atoms with Gasteiger partial charge < -0.3 is 9.80 Å². The van der Waals surface area contributed by atoms with Gasteiger partial charge in [0, 0.05) is 24.8 Å². The second-order valence-corrected chi connectivity index (χ2v) is 9.73. The average Bonchev–Trinajstić information content (AvgIpc) is 3.00. The van der Waals surface area contributed by atoms with E-state index in [1.165, 1.54) is 5.39 Å². The molecule has 1 fully saturated rings. The molecule has 0 unspecified atom stereocenters. The van der Waals surface area contributed by atoms with Gasteiger partial charge in [-0.1, -0.05) is 37.3 Å². The summed E-state index contributed by atoms with van der Waals surface area (Å²) in [7, 11) is -1.12. The lowest BCUT2D eigenvalue weighted by molar-refractivity contribution is -0.133. The molecule has 0 spiro atoms. The summed E-state index contributed by atoms with van der Waals surface area (Å²) in [5.41, 5.74) is 0.977. The van der Waals surface area contributed by atoms with E-state index < -0.39 is 9.84 Å². The van der Waals surface area contributed by atoms with Crippen LogP contribution >= 0.6 is 0 Å². The topological polar surface area (TPSA) is 57.7 Å². The van der Waals surface area contributed by atoms with Crippen molar-refractivity contribution in [3.8, 4) is 0 Å². The van der Waals surface area contributed by atoms with Crippen LogP contribution in [-0.2, 0) is 14.6 Å². The molecule has 1 amide bonds. The van der Waals surface area contributed by atoms with Gasteiger partial charge in [0.1, 0.15) is 0 Å².